The van der Waals surface area contributed by atoms with Gasteiger partial charge >= 0.3 is 10.2 Å². The van der Waals surface area contributed by atoms with Gasteiger partial charge < -0.3 is 15.2 Å². The van der Waals surface area contributed by atoms with Crippen molar-refractivity contribution in [3.8, 4) is 0 Å². The summed E-state index contributed by atoms with van der Waals surface area (Å²) in [5.41, 5.74) is 0.480. The maximum absolute atomic E-state index is 12.8. The SMILES string of the molecule is O=c1c(Cl)c(NC[C@H]2COCC[C@@H]2O)cnn1C1CCN(S(=O)(=O)Nc2ccccc2)CC1. The van der Waals surface area contributed by atoms with Gasteiger partial charge in [0, 0.05) is 37.8 Å². The van der Waals surface area contributed by atoms with Gasteiger partial charge in [-0.2, -0.15) is 17.8 Å². The first-order chi connectivity index (χ1) is 15.8. The minimum absolute atomic E-state index is 0.0250. The van der Waals surface area contributed by atoms with Crippen LogP contribution in [0, 0.1) is 5.92 Å². The Kier molecular flexibility index (Phi) is 7.55. The molecule has 0 aliphatic carbocycles. The van der Waals surface area contributed by atoms with E-state index in [0.29, 0.717) is 50.4 Å². The van der Waals surface area contributed by atoms with Crippen LogP contribution in [0.1, 0.15) is 25.3 Å². The molecule has 2 aromatic rings. The molecule has 2 fully saturated rings. The quantitative estimate of drug-likeness (QED) is 0.531. The van der Waals surface area contributed by atoms with Crippen LogP contribution >= 0.6 is 11.6 Å². The number of hydrogen-bond acceptors (Lipinski definition) is 7. The van der Waals surface area contributed by atoms with Crippen molar-refractivity contribution in [3.05, 3.63) is 51.9 Å². The first-order valence-electron chi connectivity index (χ1n) is 10.9. The van der Waals surface area contributed by atoms with Crippen molar-refractivity contribution >= 4 is 33.2 Å². The zero-order valence-corrected chi connectivity index (χ0v) is 19.6. The molecule has 0 spiro atoms. The number of ether oxygens (including phenoxy) is 1. The molecule has 0 unspecified atom stereocenters. The van der Waals surface area contributed by atoms with Crippen LogP contribution in [0.2, 0.25) is 5.02 Å². The molecule has 33 heavy (non-hydrogen) atoms. The third kappa shape index (κ3) is 5.67. The van der Waals surface area contributed by atoms with E-state index in [9.17, 15) is 18.3 Å². The lowest BCUT2D eigenvalue weighted by Crippen LogP contribution is -2.43. The maximum Gasteiger partial charge on any atom is 0.301 e. The molecule has 4 rings (SSSR count). The van der Waals surface area contributed by atoms with Crippen molar-refractivity contribution in [1.82, 2.24) is 14.1 Å². The van der Waals surface area contributed by atoms with Crippen LogP contribution in [-0.4, -0.2) is 66.6 Å². The minimum Gasteiger partial charge on any atom is -0.393 e. The van der Waals surface area contributed by atoms with Crippen molar-refractivity contribution in [2.45, 2.75) is 31.4 Å². The molecule has 0 saturated carbocycles. The van der Waals surface area contributed by atoms with Gasteiger partial charge in [0.2, 0.25) is 0 Å². The van der Waals surface area contributed by atoms with Gasteiger partial charge in [0.05, 0.1) is 30.6 Å². The molecule has 180 valence electrons. The van der Waals surface area contributed by atoms with E-state index in [-0.39, 0.29) is 30.1 Å². The Balaban J connectivity index is 1.37. The van der Waals surface area contributed by atoms with Crippen LogP contribution < -0.4 is 15.6 Å². The summed E-state index contributed by atoms with van der Waals surface area (Å²) < 4.78 is 36.0. The van der Waals surface area contributed by atoms with Crippen LogP contribution in [0.15, 0.2) is 41.3 Å². The fourth-order valence-electron chi connectivity index (χ4n) is 4.10. The largest absolute Gasteiger partial charge is 0.393 e. The number of aromatic nitrogens is 2. The third-order valence-corrected chi connectivity index (χ3v) is 7.97. The Hall–Kier alpha value is -2.18. The number of piperidine rings is 1. The molecule has 2 aliphatic rings. The molecule has 0 radical (unpaired) electrons. The zero-order chi connectivity index (χ0) is 23.4. The molecule has 12 heteroatoms. The van der Waals surface area contributed by atoms with Crippen LogP contribution in [0.3, 0.4) is 0 Å². The van der Waals surface area contributed by atoms with Gasteiger partial charge in [0.1, 0.15) is 5.02 Å². The van der Waals surface area contributed by atoms with E-state index in [0.717, 1.165) is 0 Å². The first-order valence-corrected chi connectivity index (χ1v) is 12.8. The second-order valence-electron chi connectivity index (χ2n) is 8.30. The topological polar surface area (TPSA) is 126 Å². The summed E-state index contributed by atoms with van der Waals surface area (Å²) in [5, 5.41) is 17.5. The van der Waals surface area contributed by atoms with Crippen LogP contribution in [0.25, 0.3) is 0 Å². The predicted octanol–water partition coefficient (Wildman–Crippen LogP) is 1.70. The normalized spacial score (nSPS) is 22.7. The van der Waals surface area contributed by atoms with Crippen LogP contribution in [0.5, 0.6) is 0 Å². The molecule has 1 aromatic heterocycles. The van der Waals surface area contributed by atoms with E-state index in [1.165, 1.54) is 15.2 Å². The van der Waals surface area contributed by atoms with Crippen molar-refractivity contribution in [3.63, 3.8) is 0 Å². The summed E-state index contributed by atoms with van der Waals surface area (Å²) in [6, 6.07) is 8.46. The number of para-hydroxylation sites is 1. The molecule has 2 saturated heterocycles. The number of hydrogen-bond donors (Lipinski definition) is 3. The fraction of sp³-hybridized carbons (Fsp3) is 0.524. The molecule has 0 bridgehead atoms. The highest BCUT2D eigenvalue weighted by Gasteiger charge is 2.30. The average molecular weight is 498 g/mol. The molecule has 0 amide bonds. The maximum atomic E-state index is 12.8. The number of benzene rings is 1. The van der Waals surface area contributed by atoms with Crippen molar-refractivity contribution in [2.24, 2.45) is 5.92 Å². The van der Waals surface area contributed by atoms with Gasteiger partial charge in [-0.1, -0.05) is 29.8 Å². The summed E-state index contributed by atoms with van der Waals surface area (Å²) in [6.45, 7) is 1.92. The number of nitrogens with one attached hydrogen (secondary N) is 2. The number of anilines is 2. The Morgan fingerprint density at radius 2 is 1.91 bits per heavy atom. The molecule has 2 aliphatic heterocycles. The highest BCUT2D eigenvalue weighted by molar-refractivity contribution is 7.90. The minimum atomic E-state index is -3.68. The van der Waals surface area contributed by atoms with Crippen molar-refractivity contribution in [1.29, 1.82) is 0 Å². The average Bonchev–Trinajstić information content (AvgIpc) is 2.81. The van der Waals surface area contributed by atoms with Crippen LogP contribution in [0.4, 0.5) is 11.4 Å². The Labute approximate surface area is 197 Å². The lowest BCUT2D eigenvalue weighted by molar-refractivity contribution is -0.0302. The van der Waals surface area contributed by atoms with E-state index >= 15 is 0 Å². The molecular weight excluding hydrogens is 470 g/mol. The fourth-order valence-corrected chi connectivity index (χ4v) is 5.55. The molecular formula is C21H28ClN5O5S. The van der Waals surface area contributed by atoms with Crippen molar-refractivity contribution < 1.29 is 18.3 Å². The summed E-state index contributed by atoms with van der Waals surface area (Å²) in [5.74, 6) is -0.0898. The summed E-state index contributed by atoms with van der Waals surface area (Å²) in [4.78, 5) is 12.8. The summed E-state index contributed by atoms with van der Waals surface area (Å²) in [6.07, 6.45) is 2.50. The lowest BCUT2D eigenvalue weighted by Gasteiger charge is -2.31. The van der Waals surface area contributed by atoms with Gasteiger partial charge in [-0.3, -0.25) is 9.52 Å². The summed E-state index contributed by atoms with van der Waals surface area (Å²) >= 11 is 6.32. The van der Waals surface area contributed by atoms with E-state index in [2.05, 4.69) is 15.1 Å². The van der Waals surface area contributed by atoms with Gasteiger partial charge in [0.15, 0.2) is 0 Å². The second-order valence-corrected chi connectivity index (χ2v) is 10.3. The first kappa shape index (κ1) is 24.0. The molecule has 3 N–H and O–H groups in total. The highest BCUT2D eigenvalue weighted by Crippen LogP contribution is 2.25. The van der Waals surface area contributed by atoms with E-state index in [4.69, 9.17) is 16.3 Å². The molecule has 3 heterocycles. The van der Waals surface area contributed by atoms with Crippen LogP contribution in [-0.2, 0) is 14.9 Å². The summed E-state index contributed by atoms with van der Waals surface area (Å²) in [7, 11) is -3.68. The number of nitrogens with zero attached hydrogens (tertiary/aromatic N) is 3. The third-order valence-electron chi connectivity index (χ3n) is 6.06. The highest BCUT2D eigenvalue weighted by atomic mass is 35.5. The lowest BCUT2D eigenvalue weighted by atomic mass is 9.99. The molecule has 10 nitrogen and oxygen atoms in total. The zero-order valence-electron chi connectivity index (χ0n) is 18.1. The Morgan fingerprint density at radius 1 is 1.18 bits per heavy atom. The Morgan fingerprint density at radius 3 is 2.61 bits per heavy atom. The van der Waals surface area contributed by atoms with Crippen molar-refractivity contribution in [2.75, 3.05) is 42.9 Å². The number of aliphatic hydroxyl groups is 1. The van der Waals surface area contributed by atoms with Gasteiger partial charge in [0.25, 0.3) is 5.56 Å². The van der Waals surface area contributed by atoms with Gasteiger partial charge in [-0.05, 0) is 31.4 Å². The van der Waals surface area contributed by atoms with E-state index < -0.39 is 21.9 Å². The number of aliphatic hydroxyl groups excluding tert-OH is 1. The standard InChI is InChI=1S/C21H28ClN5O5S/c22-20-18(23-12-15-14-32-11-8-19(15)28)13-24-27(21(20)29)17-6-9-26(10-7-17)33(30,31)25-16-4-2-1-3-5-16/h1-5,13,15,17,19,23,25,28H,6-12,14H2/t15-,19-/m0/s1. The predicted molar refractivity (Wildman–Crippen MR) is 126 cm³/mol. The van der Waals surface area contributed by atoms with Gasteiger partial charge in [-0.15, -0.1) is 0 Å². The number of halogens is 1. The smallest absolute Gasteiger partial charge is 0.301 e. The molecule has 2 atom stereocenters. The number of rotatable bonds is 7. The van der Waals surface area contributed by atoms with E-state index in [1.807, 2.05) is 6.07 Å². The van der Waals surface area contributed by atoms with E-state index in [1.54, 1.807) is 24.3 Å². The van der Waals surface area contributed by atoms with Gasteiger partial charge in [-0.25, -0.2) is 4.68 Å². The second kappa shape index (κ2) is 10.4. The monoisotopic (exact) mass is 497 g/mol. The molecule has 1 aromatic carbocycles. The Bertz CT molecular complexity index is 1110.